The summed E-state index contributed by atoms with van der Waals surface area (Å²) in [6.45, 7) is 2.00. The van der Waals surface area contributed by atoms with Crippen molar-refractivity contribution in [3.8, 4) is 10.8 Å². The van der Waals surface area contributed by atoms with Gasteiger partial charge in [-0.15, -0.1) is 0 Å². The maximum atomic E-state index is 12.1. The Morgan fingerprint density at radius 1 is 1.33 bits per heavy atom. The Bertz CT molecular complexity index is 612. The number of nitrogens with one attached hydrogen (secondary N) is 1. The molecule has 21 heavy (non-hydrogen) atoms. The molecule has 0 fully saturated rings. The Kier molecular flexibility index (Phi) is 5.16. The quantitative estimate of drug-likeness (QED) is 0.889. The summed E-state index contributed by atoms with van der Waals surface area (Å²) in [5.41, 5.74) is 1.02. The number of anilines is 1. The third kappa shape index (κ3) is 3.95. The summed E-state index contributed by atoms with van der Waals surface area (Å²) >= 11 is 1.30. The molecule has 0 radical (unpaired) electrons. The molecule has 2 aromatic rings. The summed E-state index contributed by atoms with van der Waals surface area (Å²) in [6.07, 6.45) is 1.95. The molecule has 1 N–H and O–H groups in total. The second-order valence-corrected chi connectivity index (χ2v) is 5.58. The number of amides is 1. The second kappa shape index (κ2) is 7.08. The first-order chi connectivity index (χ1) is 10.1. The molecule has 6 heteroatoms. The van der Waals surface area contributed by atoms with E-state index in [1.54, 1.807) is 20.4 Å². The van der Waals surface area contributed by atoms with Crippen molar-refractivity contribution in [2.75, 3.05) is 19.5 Å². The summed E-state index contributed by atoms with van der Waals surface area (Å²) < 4.78 is 10.4. The van der Waals surface area contributed by atoms with Crippen molar-refractivity contribution in [1.82, 2.24) is 4.98 Å². The van der Waals surface area contributed by atoms with Crippen LogP contribution in [0.15, 0.2) is 30.5 Å². The molecular formula is C15H18N2O3S. The molecule has 1 amide bonds. The van der Waals surface area contributed by atoms with E-state index in [2.05, 4.69) is 10.3 Å². The van der Waals surface area contributed by atoms with Gasteiger partial charge in [-0.1, -0.05) is 36.5 Å². The summed E-state index contributed by atoms with van der Waals surface area (Å²) in [7, 11) is 3.20. The fourth-order valence-electron chi connectivity index (χ4n) is 2.04. The summed E-state index contributed by atoms with van der Waals surface area (Å²) in [6, 6.07) is 7.73. The lowest BCUT2D eigenvalue weighted by atomic mass is 9.96. The number of methoxy groups -OCH3 is 2. The number of ether oxygens (including phenoxy) is 2. The van der Waals surface area contributed by atoms with Crippen LogP contribution in [0.1, 0.15) is 24.8 Å². The molecular weight excluding hydrogens is 288 g/mol. The highest BCUT2D eigenvalue weighted by Gasteiger charge is 2.16. The molecule has 0 aliphatic carbocycles. The van der Waals surface area contributed by atoms with Gasteiger partial charge < -0.3 is 14.8 Å². The molecule has 1 heterocycles. The Labute approximate surface area is 127 Å². The predicted molar refractivity (Wildman–Crippen MR) is 83.3 cm³/mol. The van der Waals surface area contributed by atoms with E-state index < -0.39 is 0 Å². The number of rotatable bonds is 6. The molecule has 0 saturated carbocycles. The maximum absolute atomic E-state index is 12.1. The van der Waals surface area contributed by atoms with E-state index in [9.17, 15) is 4.79 Å². The first-order valence-electron chi connectivity index (χ1n) is 6.56. The van der Waals surface area contributed by atoms with Crippen LogP contribution >= 0.6 is 11.3 Å². The van der Waals surface area contributed by atoms with Crippen molar-refractivity contribution in [1.29, 1.82) is 0 Å². The number of carbonyl (C=O) groups is 1. The largest absolute Gasteiger partial charge is 0.496 e. The van der Waals surface area contributed by atoms with Crippen LogP contribution in [-0.4, -0.2) is 25.1 Å². The Balaban J connectivity index is 1.98. The summed E-state index contributed by atoms with van der Waals surface area (Å²) in [5.74, 6) is 0.780. The van der Waals surface area contributed by atoms with Crippen molar-refractivity contribution >= 4 is 22.4 Å². The van der Waals surface area contributed by atoms with Crippen LogP contribution in [-0.2, 0) is 4.79 Å². The molecule has 0 spiro atoms. The summed E-state index contributed by atoms with van der Waals surface area (Å²) in [5, 5.41) is 4.00. The highest BCUT2D eigenvalue weighted by molar-refractivity contribution is 7.17. The fraction of sp³-hybridized carbons (Fsp3) is 0.333. The number of thiazole rings is 1. The van der Waals surface area contributed by atoms with Crippen molar-refractivity contribution in [2.24, 2.45) is 0 Å². The van der Waals surface area contributed by atoms with Gasteiger partial charge in [-0.05, 0) is 17.5 Å². The van der Waals surface area contributed by atoms with Crippen molar-refractivity contribution in [3.05, 3.63) is 36.0 Å². The van der Waals surface area contributed by atoms with Crippen molar-refractivity contribution < 1.29 is 14.3 Å². The van der Waals surface area contributed by atoms with Gasteiger partial charge in [-0.2, -0.15) is 0 Å². The highest BCUT2D eigenvalue weighted by Crippen LogP contribution is 2.29. The molecule has 1 aromatic heterocycles. The normalized spacial score (nSPS) is 11.8. The number of nitrogens with zero attached hydrogens (tertiary/aromatic N) is 1. The lowest BCUT2D eigenvalue weighted by Gasteiger charge is -2.14. The minimum atomic E-state index is -0.0783. The van der Waals surface area contributed by atoms with Crippen LogP contribution in [0.5, 0.6) is 10.8 Å². The van der Waals surface area contributed by atoms with Crippen molar-refractivity contribution in [3.63, 3.8) is 0 Å². The molecule has 0 bridgehead atoms. The number of hydrogen-bond donors (Lipinski definition) is 1. The fourth-order valence-corrected chi connectivity index (χ4v) is 2.69. The van der Waals surface area contributed by atoms with E-state index in [-0.39, 0.29) is 11.8 Å². The zero-order valence-electron chi connectivity index (χ0n) is 12.3. The number of benzene rings is 1. The van der Waals surface area contributed by atoms with Gasteiger partial charge >= 0.3 is 0 Å². The number of para-hydroxylation sites is 1. The van der Waals surface area contributed by atoms with Crippen LogP contribution in [0.25, 0.3) is 0 Å². The molecule has 1 aromatic carbocycles. The van der Waals surface area contributed by atoms with Crippen LogP contribution in [0.4, 0.5) is 5.13 Å². The number of aromatic nitrogens is 1. The summed E-state index contributed by atoms with van der Waals surface area (Å²) in [4.78, 5) is 16.1. The zero-order chi connectivity index (χ0) is 15.2. The van der Waals surface area contributed by atoms with E-state index in [0.29, 0.717) is 16.6 Å². The lowest BCUT2D eigenvalue weighted by Crippen LogP contribution is -2.14. The SMILES string of the molecule is COc1cnc(NC(=O)CC(C)c2ccccc2OC)s1. The van der Waals surface area contributed by atoms with E-state index >= 15 is 0 Å². The molecule has 2 rings (SSSR count). The van der Waals surface area contributed by atoms with E-state index in [4.69, 9.17) is 9.47 Å². The van der Waals surface area contributed by atoms with E-state index in [1.807, 2.05) is 31.2 Å². The third-order valence-corrected chi connectivity index (χ3v) is 3.97. The highest BCUT2D eigenvalue weighted by atomic mass is 32.1. The Morgan fingerprint density at radius 2 is 2.10 bits per heavy atom. The zero-order valence-corrected chi connectivity index (χ0v) is 13.1. The first kappa shape index (κ1) is 15.3. The minimum absolute atomic E-state index is 0.0583. The topological polar surface area (TPSA) is 60.5 Å². The van der Waals surface area contributed by atoms with E-state index in [0.717, 1.165) is 11.3 Å². The van der Waals surface area contributed by atoms with Gasteiger partial charge in [0.2, 0.25) is 5.91 Å². The van der Waals surface area contributed by atoms with Crippen LogP contribution in [0, 0.1) is 0 Å². The van der Waals surface area contributed by atoms with Gasteiger partial charge in [-0.25, -0.2) is 4.98 Å². The van der Waals surface area contributed by atoms with Crippen LogP contribution in [0.3, 0.4) is 0 Å². The molecule has 1 unspecified atom stereocenters. The van der Waals surface area contributed by atoms with Crippen molar-refractivity contribution in [2.45, 2.75) is 19.3 Å². The average molecular weight is 306 g/mol. The molecule has 0 saturated heterocycles. The average Bonchev–Trinajstić information content (AvgIpc) is 2.94. The van der Waals surface area contributed by atoms with E-state index in [1.165, 1.54) is 11.3 Å². The number of carbonyl (C=O) groups excluding carboxylic acids is 1. The Morgan fingerprint density at radius 3 is 2.76 bits per heavy atom. The van der Waals surface area contributed by atoms with Gasteiger partial charge in [0.05, 0.1) is 20.4 Å². The molecule has 0 aliphatic heterocycles. The van der Waals surface area contributed by atoms with Gasteiger partial charge in [-0.3, -0.25) is 4.79 Å². The predicted octanol–water partition coefficient (Wildman–Crippen LogP) is 3.29. The molecule has 5 nitrogen and oxygen atoms in total. The monoisotopic (exact) mass is 306 g/mol. The minimum Gasteiger partial charge on any atom is -0.496 e. The lowest BCUT2D eigenvalue weighted by molar-refractivity contribution is -0.116. The maximum Gasteiger partial charge on any atom is 0.226 e. The molecule has 1 atom stereocenters. The van der Waals surface area contributed by atoms with Gasteiger partial charge in [0.1, 0.15) is 5.75 Å². The van der Waals surface area contributed by atoms with Gasteiger partial charge in [0.25, 0.3) is 0 Å². The number of hydrogen-bond acceptors (Lipinski definition) is 5. The third-order valence-electron chi connectivity index (χ3n) is 3.09. The Hall–Kier alpha value is -2.08. The molecule has 0 aliphatic rings. The standard InChI is InChI=1S/C15H18N2O3S/c1-10(11-6-4-5-7-12(11)19-2)8-13(18)17-15-16-9-14(20-3)21-15/h4-7,9-10H,8H2,1-3H3,(H,16,17,18). The van der Waals surface area contributed by atoms with Gasteiger partial charge in [0, 0.05) is 6.42 Å². The smallest absolute Gasteiger partial charge is 0.226 e. The van der Waals surface area contributed by atoms with Crippen LogP contribution < -0.4 is 14.8 Å². The van der Waals surface area contributed by atoms with Crippen LogP contribution in [0.2, 0.25) is 0 Å². The first-order valence-corrected chi connectivity index (χ1v) is 7.38. The van der Waals surface area contributed by atoms with Gasteiger partial charge in [0.15, 0.2) is 10.2 Å². The second-order valence-electron chi connectivity index (χ2n) is 4.58. The molecule has 112 valence electrons.